The monoisotopic (exact) mass is 234 g/mol. The van der Waals surface area contributed by atoms with Gasteiger partial charge in [-0.25, -0.2) is 4.98 Å². The molecule has 0 aliphatic carbocycles. The molecule has 0 saturated carbocycles. The van der Waals surface area contributed by atoms with Gasteiger partial charge >= 0.3 is 0 Å². The predicted octanol–water partition coefficient (Wildman–Crippen LogP) is 2.24. The Hall–Kier alpha value is -1.55. The Balaban J connectivity index is 1.93. The molecule has 0 bridgehead atoms. The topological polar surface area (TPSA) is 51.2 Å². The summed E-state index contributed by atoms with van der Waals surface area (Å²) in [6.45, 7) is 2.03. The van der Waals surface area contributed by atoms with Gasteiger partial charge in [-0.3, -0.25) is 0 Å². The van der Waals surface area contributed by atoms with Crippen molar-refractivity contribution in [2.24, 2.45) is 7.05 Å². The van der Waals surface area contributed by atoms with Crippen LogP contribution < -0.4 is 0 Å². The van der Waals surface area contributed by atoms with Crippen LogP contribution in [0.15, 0.2) is 28.9 Å². The van der Waals surface area contributed by atoms with Crippen molar-refractivity contribution >= 4 is 0 Å². The van der Waals surface area contributed by atoms with E-state index in [1.807, 2.05) is 36.9 Å². The van der Waals surface area contributed by atoms with Crippen molar-refractivity contribution in [1.29, 1.82) is 0 Å². The molecule has 2 heterocycles. The van der Waals surface area contributed by atoms with Crippen molar-refractivity contribution < 1.29 is 9.52 Å². The average molecular weight is 234 g/mol. The van der Waals surface area contributed by atoms with Gasteiger partial charge in [0.15, 0.2) is 0 Å². The van der Waals surface area contributed by atoms with E-state index in [1.165, 1.54) is 0 Å². The van der Waals surface area contributed by atoms with Gasteiger partial charge in [0.1, 0.15) is 23.4 Å². The maximum absolute atomic E-state index is 9.99. The van der Waals surface area contributed by atoms with Crippen LogP contribution in [-0.4, -0.2) is 14.7 Å². The standard InChI is InChI=1S/C13H18N2O2/c1-3-10-4-6-12(17-10)11(16)5-7-13-14-8-9-15(13)2/h4,6,8-9,11,16H,3,5,7H2,1-2H3. The quantitative estimate of drug-likeness (QED) is 0.863. The highest BCUT2D eigenvalue weighted by Gasteiger charge is 2.13. The minimum absolute atomic E-state index is 0.549. The van der Waals surface area contributed by atoms with E-state index in [2.05, 4.69) is 4.98 Å². The molecule has 2 aromatic rings. The molecule has 0 amide bonds. The van der Waals surface area contributed by atoms with Crippen molar-refractivity contribution in [3.8, 4) is 0 Å². The van der Waals surface area contributed by atoms with E-state index >= 15 is 0 Å². The number of aliphatic hydroxyl groups is 1. The zero-order valence-electron chi connectivity index (χ0n) is 10.3. The molecular weight excluding hydrogens is 216 g/mol. The molecule has 0 saturated heterocycles. The van der Waals surface area contributed by atoms with E-state index < -0.39 is 6.10 Å². The van der Waals surface area contributed by atoms with Gasteiger partial charge < -0.3 is 14.1 Å². The van der Waals surface area contributed by atoms with Crippen LogP contribution in [0.25, 0.3) is 0 Å². The minimum atomic E-state index is -0.549. The first kappa shape index (κ1) is 11.9. The summed E-state index contributed by atoms with van der Waals surface area (Å²) < 4.78 is 7.48. The van der Waals surface area contributed by atoms with Crippen LogP contribution in [0.3, 0.4) is 0 Å². The molecule has 0 radical (unpaired) electrons. The number of imidazole rings is 1. The van der Waals surface area contributed by atoms with Crippen LogP contribution in [0.2, 0.25) is 0 Å². The second-order valence-electron chi connectivity index (χ2n) is 4.17. The molecule has 4 heteroatoms. The van der Waals surface area contributed by atoms with Crippen molar-refractivity contribution in [3.05, 3.63) is 41.9 Å². The Labute approximate surface area is 101 Å². The molecule has 0 aliphatic rings. The first-order valence-corrected chi connectivity index (χ1v) is 5.93. The summed E-state index contributed by atoms with van der Waals surface area (Å²) in [4.78, 5) is 4.22. The molecule has 0 spiro atoms. The third-order valence-corrected chi connectivity index (χ3v) is 2.92. The van der Waals surface area contributed by atoms with Gasteiger partial charge in [-0.2, -0.15) is 0 Å². The van der Waals surface area contributed by atoms with Crippen molar-refractivity contribution in [2.45, 2.75) is 32.3 Å². The van der Waals surface area contributed by atoms with E-state index in [-0.39, 0.29) is 0 Å². The molecule has 17 heavy (non-hydrogen) atoms. The third-order valence-electron chi connectivity index (χ3n) is 2.92. The molecule has 1 unspecified atom stereocenters. The lowest BCUT2D eigenvalue weighted by atomic mass is 10.1. The SMILES string of the molecule is CCc1ccc(C(O)CCc2nccn2C)o1. The first-order valence-electron chi connectivity index (χ1n) is 5.93. The zero-order chi connectivity index (χ0) is 12.3. The molecule has 2 aromatic heterocycles. The Bertz CT molecular complexity index is 473. The molecule has 0 fully saturated rings. The van der Waals surface area contributed by atoms with Gasteiger partial charge in [0.2, 0.25) is 0 Å². The summed E-state index contributed by atoms with van der Waals surface area (Å²) in [5.41, 5.74) is 0. The Morgan fingerprint density at radius 2 is 2.29 bits per heavy atom. The van der Waals surface area contributed by atoms with Gasteiger partial charge in [0.25, 0.3) is 0 Å². The highest BCUT2D eigenvalue weighted by atomic mass is 16.4. The van der Waals surface area contributed by atoms with Crippen molar-refractivity contribution in [2.75, 3.05) is 0 Å². The number of aryl methyl sites for hydroxylation is 3. The average Bonchev–Trinajstić information content (AvgIpc) is 2.94. The van der Waals surface area contributed by atoms with Crippen molar-refractivity contribution in [1.82, 2.24) is 9.55 Å². The number of aliphatic hydroxyl groups excluding tert-OH is 1. The lowest BCUT2D eigenvalue weighted by Crippen LogP contribution is -2.02. The number of hydrogen-bond acceptors (Lipinski definition) is 3. The zero-order valence-corrected chi connectivity index (χ0v) is 10.3. The summed E-state index contributed by atoms with van der Waals surface area (Å²) in [7, 11) is 1.96. The Kier molecular flexibility index (Phi) is 3.64. The predicted molar refractivity (Wildman–Crippen MR) is 64.6 cm³/mol. The second kappa shape index (κ2) is 5.19. The fraction of sp³-hybridized carbons (Fsp3) is 0.462. The van der Waals surface area contributed by atoms with E-state index in [4.69, 9.17) is 4.42 Å². The van der Waals surface area contributed by atoms with Crippen LogP contribution >= 0.6 is 0 Å². The lowest BCUT2D eigenvalue weighted by Gasteiger charge is -2.07. The molecule has 1 atom stereocenters. The smallest absolute Gasteiger partial charge is 0.132 e. The lowest BCUT2D eigenvalue weighted by molar-refractivity contribution is 0.138. The summed E-state index contributed by atoms with van der Waals surface area (Å²) in [5, 5.41) is 9.99. The van der Waals surface area contributed by atoms with Gasteiger partial charge in [-0.1, -0.05) is 6.92 Å². The Morgan fingerprint density at radius 3 is 2.88 bits per heavy atom. The van der Waals surface area contributed by atoms with Crippen LogP contribution in [-0.2, 0) is 19.9 Å². The van der Waals surface area contributed by atoms with Gasteiger partial charge in [0, 0.05) is 32.3 Å². The van der Waals surface area contributed by atoms with Crippen LogP contribution in [0.1, 0.15) is 36.8 Å². The van der Waals surface area contributed by atoms with Crippen LogP contribution in [0.5, 0.6) is 0 Å². The molecule has 4 nitrogen and oxygen atoms in total. The largest absolute Gasteiger partial charge is 0.463 e. The van der Waals surface area contributed by atoms with E-state index in [1.54, 1.807) is 6.20 Å². The van der Waals surface area contributed by atoms with Gasteiger partial charge in [0.05, 0.1) is 0 Å². The summed E-state index contributed by atoms with van der Waals surface area (Å²) in [6, 6.07) is 3.77. The van der Waals surface area contributed by atoms with Gasteiger partial charge in [-0.05, 0) is 18.6 Å². The number of aromatic nitrogens is 2. The number of nitrogens with zero attached hydrogens (tertiary/aromatic N) is 2. The van der Waals surface area contributed by atoms with Crippen LogP contribution in [0.4, 0.5) is 0 Å². The summed E-state index contributed by atoms with van der Waals surface area (Å²) in [6.07, 6.45) is 5.35. The van der Waals surface area contributed by atoms with Gasteiger partial charge in [-0.15, -0.1) is 0 Å². The van der Waals surface area contributed by atoms with Crippen molar-refractivity contribution in [3.63, 3.8) is 0 Å². The highest BCUT2D eigenvalue weighted by Crippen LogP contribution is 2.21. The summed E-state index contributed by atoms with van der Waals surface area (Å²) in [5.74, 6) is 2.54. The number of furan rings is 1. The number of rotatable bonds is 5. The molecule has 1 N–H and O–H groups in total. The second-order valence-corrected chi connectivity index (χ2v) is 4.17. The molecule has 0 aliphatic heterocycles. The molecule has 0 aromatic carbocycles. The molecule has 92 valence electrons. The summed E-state index contributed by atoms with van der Waals surface area (Å²) >= 11 is 0. The van der Waals surface area contributed by atoms with E-state index in [0.717, 1.165) is 24.4 Å². The normalized spacial score (nSPS) is 12.9. The maximum atomic E-state index is 9.99. The van der Waals surface area contributed by atoms with E-state index in [9.17, 15) is 5.11 Å². The highest BCUT2D eigenvalue weighted by molar-refractivity contribution is 5.09. The third kappa shape index (κ3) is 2.77. The molecular formula is C13H18N2O2. The van der Waals surface area contributed by atoms with Crippen LogP contribution in [0, 0.1) is 0 Å². The fourth-order valence-electron chi connectivity index (χ4n) is 1.81. The van der Waals surface area contributed by atoms with E-state index in [0.29, 0.717) is 12.2 Å². The molecule has 2 rings (SSSR count). The first-order chi connectivity index (χ1) is 8.20. The minimum Gasteiger partial charge on any atom is -0.463 e. The number of hydrogen-bond donors (Lipinski definition) is 1. The Morgan fingerprint density at radius 1 is 1.47 bits per heavy atom. The fourth-order valence-corrected chi connectivity index (χ4v) is 1.81. The maximum Gasteiger partial charge on any atom is 0.132 e.